The zero-order valence-electron chi connectivity index (χ0n) is 4.24. The highest BCUT2D eigenvalue weighted by atomic mass is 127. The quantitative estimate of drug-likeness (QED) is 0.474. The zero-order valence-corrected chi connectivity index (χ0v) is 10.1. The Balaban J connectivity index is 3.17. The van der Waals surface area contributed by atoms with Crippen molar-refractivity contribution in [3.8, 4) is 0 Å². The average molecular weight is 410 g/mol. The van der Waals surface area contributed by atoms with Crippen molar-refractivity contribution < 1.29 is 0 Å². The molecule has 0 fully saturated rings. The van der Waals surface area contributed by atoms with Gasteiger partial charge in [-0.05, 0) is 57.3 Å². The summed E-state index contributed by atoms with van der Waals surface area (Å²) in [6.07, 6.45) is 0. The van der Waals surface area contributed by atoms with Gasteiger partial charge in [-0.25, -0.2) is 4.98 Å². The highest BCUT2D eigenvalue weighted by Crippen LogP contribution is 2.14. The maximum atomic E-state index is 4.18. The summed E-state index contributed by atoms with van der Waals surface area (Å²) in [5.74, 6) is 0. The third-order valence-corrected chi connectivity index (χ3v) is 2.29. The van der Waals surface area contributed by atoms with Crippen LogP contribution in [0.3, 0.4) is 0 Å². The lowest BCUT2D eigenvalue weighted by molar-refractivity contribution is 1.21. The lowest BCUT2D eigenvalue weighted by atomic mass is 10.5. The van der Waals surface area contributed by atoms with Gasteiger partial charge in [-0.2, -0.15) is 0 Å². The maximum absolute atomic E-state index is 4.18. The van der Waals surface area contributed by atoms with E-state index in [0.717, 1.165) is 11.9 Å². The molecule has 1 aromatic heterocycles. The number of nitrogens with zero attached hydrogens (tertiary/aromatic N) is 1. The fourth-order valence-electron chi connectivity index (χ4n) is 0.436. The van der Waals surface area contributed by atoms with E-state index in [9.17, 15) is 0 Å². The largest absolute Gasteiger partial charge is 0.236 e. The molecule has 0 aliphatic rings. The van der Waals surface area contributed by atoms with Gasteiger partial charge < -0.3 is 0 Å². The summed E-state index contributed by atoms with van der Waals surface area (Å²) in [7, 11) is 0. The Bertz CT molecular complexity index is 176. The van der Waals surface area contributed by atoms with Gasteiger partial charge in [-0.3, -0.25) is 0 Å². The first-order chi connectivity index (χ1) is 4.18. The van der Waals surface area contributed by atoms with Gasteiger partial charge in [0, 0.05) is 4.47 Å². The Labute approximate surface area is 89.0 Å². The number of halogens is 3. The van der Waals surface area contributed by atoms with Crippen molar-refractivity contribution in [2.24, 2.45) is 0 Å². The van der Waals surface area contributed by atoms with E-state index in [4.69, 9.17) is 0 Å². The summed E-state index contributed by atoms with van der Waals surface area (Å²) in [5.41, 5.74) is 0. The van der Waals surface area contributed by atoms with Crippen LogP contribution in [0.2, 0.25) is 0 Å². The summed E-state index contributed by atoms with van der Waals surface area (Å²) >= 11 is 7.73. The highest BCUT2D eigenvalue weighted by molar-refractivity contribution is 14.1. The molecule has 0 amide bonds. The third-order valence-electron chi connectivity index (χ3n) is 0.728. The molecule has 0 aliphatic carbocycles. The fraction of sp³-hybridized carbons (Fsp3) is 0. The molecule has 9 heavy (non-hydrogen) atoms. The smallest absolute Gasteiger partial charge is 0.103 e. The van der Waals surface area contributed by atoms with E-state index < -0.39 is 0 Å². The van der Waals surface area contributed by atoms with E-state index in [1.165, 1.54) is 0 Å². The first kappa shape index (κ1) is 8.19. The number of hydrogen-bond donors (Lipinski definition) is 0. The summed E-state index contributed by atoms with van der Waals surface area (Å²) in [4.78, 5) is 4.18. The Morgan fingerprint density at radius 1 is 1.22 bits per heavy atom. The summed E-state index contributed by atoms with van der Waals surface area (Å²) in [5, 5.41) is 0. The minimum absolute atomic E-state index is 1.02. The second kappa shape index (κ2) is 3.47. The predicted molar refractivity (Wildman–Crippen MR) is 57.4 cm³/mol. The number of rotatable bonds is 0. The second-order valence-electron chi connectivity index (χ2n) is 1.43. The molecule has 0 aliphatic heterocycles. The van der Waals surface area contributed by atoms with E-state index in [1.807, 2.05) is 12.1 Å². The van der Waals surface area contributed by atoms with Crippen molar-refractivity contribution >= 4 is 61.1 Å². The molecule has 0 aromatic carbocycles. The van der Waals surface area contributed by atoms with E-state index in [1.54, 1.807) is 0 Å². The monoisotopic (exact) mass is 409 g/mol. The molecule has 48 valence electrons. The average Bonchev–Trinajstić information content (AvgIpc) is 1.59. The number of hydrogen-bond acceptors (Lipinski definition) is 1. The van der Waals surface area contributed by atoms with Gasteiger partial charge in [0.05, 0.1) is 0 Å². The molecule has 0 saturated carbocycles. The molecule has 1 aromatic rings. The van der Waals surface area contributed by atoms with Gasteiger partial charge in [-0.1, -0.05) is 15.9 Å². The van der Waals surface area contributed by atoms with Gasteiger partial charge in [-0.15, -0.1) is 0 Å². The van der Waals surface area contributed by atoms with Crippen molar-refractivity contribution in [1.29, 1.82) is 0 Å². The minimum Gasteiger partial charge on any atom is -0.236 e. The standard InChI is InChI=1S/C5H2BrI2N/c6-3-1-4(7)9-5(8)2-3/h1-2H. The lowest BCUT2D eigenvalue weighted by Gasteiger charge is -1.92. The Hall–Kier alpha value is 1.09. The van der Waals surface area contributed by atoms with Gasteiger partial charge >= 0.3 is 0 Å². The first-order valence-electron chi connectivity index (χ1n) is 2.17. The Kier molecular flexibility index (Phi) is 3.16. The van der Waals surface area contributed by atoms with Crippen LogP contribution < -0.4 is 0 Å². The first-order valence-corrected chi connectivity index (χ1v) is 5.12. The van der Waals surface area contributed by atoms with Crippen LogP contribution in [0.5, 0.6) is 0 Å². The van der Waals surface area contributed by atoms with Crippen LogP contribution in [0.25, 0.3) is 0 Å². The van der Waals surface area contributed by atoms with Gasteiger partial charge in [0.25, 0.3) is 0 Å². The molecule has 1 nitrogen and oxygen atoms in total. The summed E-state index contributed by atoms with van der Waals surface area (Å²) in [6, 6.07) is 3.95. The third kappa shape index (κ3) is 2.67. The summed E-state index contributed by atoms with van der Waals surface area (Å²) < 4.78 is 3.13. The van der Waals surface area contributed by atoms with E-state index in [-0.39, 0.29) is 0 Å². The van der Waals surface area contributed by atoms with Crippen LogP contribution in [-0.2, 0) is 0 Å². The molecule has 0 bridgehead atoms. The van der Waals surface area contributed by atoms with Gasteiger partial charge in [0.15, 0.2) is 0 Å². The van der Waals surface area contributed by atoms with Crippen molar-refractivity contribution in [3.63, 3.8) is 0 Å². The van der Waals surface area contributed by atoms with Crippen LogP contribution in [-0.4, -0.2) is 4.98 Å². The Morgan fingerprint density at radius 2 is 1.67 bits per heavy atom. The van der Waals surface area contributed by atoms with Crippen molar-refractivity contribution in [1.82, 2.24) is 4.98 Å². The molecule has 4 heteroatoms. The fourth-order valence-corrected chi connectivity index (χ4v) is 3.38. The summed E-state index contributed by atoms with van der Waals surface area (Å²) in [6.45, 7) is 0. The number of aromatic nitrogens is 1. The van der Waals surface area contributed by atoms with Gasteiger partial charge in [0.2, 0.25) is 0 Å². The van der Waals surface area contributed by atoms with Crippen molar-refractivity contribution in [3.05, 3.63) is 24.0 Å². The highest BCUT2D eigenvalue weighted by Gasteiger charge is 1.93. The van der Waals surface area contributed by atoms with E-state index in [2.05, 4.69) is 66.1 Å². The molecule has 0 unspecified atom stereocenters. The molecule has 0 spiro atoms. The normalized spacial score (nSPS) is 9.67. The van der Waals surface area contributed by atoms with Crippen LogP contribution in [0.4, 0.5) is 0 Å². The van der Waals surface area contributed by atoms with Crippen molar-refractivity contribution in [2.45, 2.75) is 0 Å². The maximum Gasteiger partial charge on any atom is 0.103 e. The number of pyridine rings is 1. The minimum atomic E-state index is 1.02. The predicted octanol–water partition coefficient (Wildman–Crippen LogP) is 3.05. The molecular formula is C5H2BrI2N. The molecule has 0 radical (unpaired) electrons. The SMILES string of the molecule is Brc1cc(I)nc(I)c1. The molecule has 0 N–H and O–H groups in total. The van der Waals surface area contributed by atoms with Crippen LogP contribution in [0.15, 0.2) is 16.6 Å². The van der Waals surface area contributed by atoms with E-state index >= 15 is 0 Å². The van der Waals surface area contributed by atoms with Crippen LogP contribution in [0.1, 0.15) is 0 Å². The molecular weight excluding hydrogens is 408 g/mol. The molecule has 1 heterocycles. The molecule has 1 rings (SSSR count). The molecule has 0 atom stereocenters. The van der Waals surface area contributed by atoms with E-state index in [0.29, 0.717) is 0 Å². The second-order valence-corrected chi connectivity index (χ2v) is 4.56. The lowest BCUT2D eigenvalue weighted by Crippen LogP contribution is -1.82. The van der Waals surface area contributed by atoms with Crippen LogP contribution in [0, 0.1) is 7.40 Å². The van der Waals surface area contributed by atoms with Crippen LogP contribution >= 0.6 is 61.1 Å². The molecule has 0 saturated heterocycles. The van der Waals surface area contributed by atoms with Crippen molar-refractivity contribution in [2.75, 3.05) is 0 Å². The topological polar surface area (TPSA) is 12.9 Å². The van der Waals surface area contributed by atoms with Gasteiger partial charge in [0.1, 0.15) is 7.40 Å². The zero-order chi connectivity index (χ0) is 6.85. The Morgan fingerprint density at radius 3 is 2.00 bits per heavy atom.